The molecule has 0 heterocycles. The molecule has 0 aromatic rings. The predicted octanol–water partition coefficient (Wildman–Crippen LogP) is 5.16. The summed E-state index contributed by atoms with van der Waals surface area (Å²) >= 11 is 13.2. The Morgan fingerprint density at radius 3 is 2.15 bits per heavy atom. The normalized spacial score (nSPS) is 28.4. The van der Waals surface area contributed by atoms with Gasteiger partial charge in [-0.15, -0.1) is 0 Å². The van der Waals surface area contributed by atoms with Crippen LogP contribution in [0.1, 0.15) is 13.8 Å². The minimum Gasteiger partial charge on any atom is -0.239 e. The lowest BCUT2D eigenvalue weighted by Gasteiger charge is -2.32. The molecule has 1 aliphatic rings. The van der Waals surface area contributed by atoms with Crippen molar-refractivity contribution in [2.45, 2.75) is 23.3 Å². The molecule has 1 unspecified atom stereocenters. The highest BCUT2D eigenvalue weighted by Gasteiger charge is 2.42. The Bertz CT molecular complexity index is 303. The van der Waals surface area contributed by atoms with Crippen molar-refractivity contribution in [3.8, 4) is 0 Å². The Morgan fingerprint density at radius 1 is 1.23 bits per heavy atom. The first-order chi connectivity index (χ1) is 5.80. The van der Waals surface area contributed by atoms with Gasteiger partial charge in [-0.3, -0.25) is 0 Å². The lowest BCUT2D eigenvalue weighted by molar-refractivity contribution is 0.388. The van der Waals surface area contributed by atoms with Gasteiger partial charge < -0.3 is 0 Å². The third-order valence-corrected chi connectivity index (χ3v) is 6.49. The van der Waals surface area contributed by atoms with Crippen molar-refractivity contribution >= 4 is 63.7 Å². The van der Waals surface area contributed by atoms with Gasteiger partial charge in [-0.2, -0.15) is 0 Å². The number of rotatable bonds is 0. The highest BCUT2D eigenvalue weighted by atomic mass is 79.9. The number of allylic oxidation sites excluding steroid dienone is 4. The van der Waals surface area contributed by atoms with Gasteiger partial charge in [0.15, 0.2) is 6.17 Å². The van der Waals surface area contributed by atoms with Gasteiger partial charge in [-0.25, -0.2) is 4.39 Å². The van der Waals surface area contributed by atoms with Gasteiger partial charge in [0.25, 0.3) is 0 Å². The van der Waals surface area contributed by atoms with Crippen LogP contribution in [0.2, 0.25) is 0 Å². The van der Waals surface area contributed by atoms with E-state index in [1.165, 1.54) is 0 Å². The van der Waals surface area contributed by atoms with E-state index in [-0.39, 0.29) is 0 Å². The van der Waals surface area contributed by atoms with Crippen LogP contribution in [-0.4, -0.2) is 9.41 Å². The van der Waals surface area contributed by atoms with Crippen LogP contribution >= 0.6 is 63.7 Å². The topological polar surface area (TPSA) is 0 Å². The van der Waals surface area contributed by atoms with Crippen molar-refractivity contribution in [1.29, 1.82) is 0 Å². The smallest absolute Gasteiger partial charge is 0.161 e. The molecule has 1 atom stereocenters. The Labute approximate surface area is 111 Å². The first-order valence-electron chi connectivity index (χ1n) is 3.55. The summed E-state index contributed by atoms with van der Waals surface area (Å²) in [6.07, 6.45) is -1.12. The van der Waals surface area contributed by atoms with E-state index >= 15 is 0 Å². The molecule has 0 bridgehead atoms. The van der Waals surface area contributed by atoms with Crippen LogP contribution < -0.4 is 0 Å². The maximum absolute atomic E-state index is 13.8. The van der Waals surface area contributed by atoms with Gasteiger partial charge in [0.1, 0.15) is 3.23 Å². The van der Waals surface area contributed by atoms with E-state index in [1.807, 2.05) is 13.8 Å². The minimum atomic E-state index is -1.12. The van der Waals surface area contributed by atoms with Gasteiger partial charge in [0.05, 0.1) is 0 Å². The zero-order chi connectivity index (χ0) is 10.4. The molecule has 0 saturated carbocycles. The average Bonchev–Trinajstić information content (AvgIpc) is 2.09. The number of hydrogen-bond acceptors (Lipinski definition) is 0. The molecule has 13 heavy (non-hydrogen) atoms. The zero-order valence-electron chi connectivity index (χ0n) is 6.97. The molecule has 0 fully saturated rings. The van der Waals surface area contributed by atoms with Crippen molar-refractivity contribution in [2.24, 2.45) is 0 Å². The maximum Gasteiger partial charge on any atom is 0.161 e. The van der Waals surface area contributed by atoms with Crippen molar-refractivity contribution in [2.75, 3.05) is 0 Å². The summed E-state index contributed by atoms with van der Waals surface area (Å²) in [4.78, 5) is 0. The molecule has 0 aliphatic heterocycles. The molecular formula is C8H7Br4F. The molecule has 0 saturated heterocycles. The van der Waals surface area contributed by atoms with Crippen molar-refractivity contribution in [1.82, 2.24) is 0 Å². The second kappa shape index (κ2) is 4.06. The second-order valence-corrected chi connectivity index (χ2v) is 8.11. The molecule has 1 aliphatic carbocycles. The van der Waals surface area contributed by atoms with E-state index < -0.39 is 9.41 Å². The molecular weight excluding hydrogens is 435 g/mol. The summed E-state index contributed by atoms with van der Waals surface area (Å²) in [5.41, 5.74) is 1.98. The first-order valence-corrected chi connectivity index (χ1v) is 6.72. The van der Waals surface area contributed by atoms with Gasteiger partial charge >= 0.3 is 0 Å². The predicted molar refractivity (Wildman–Crippen MR) is 68.7 cm³/mol. The van der Waals surface area contributed by atoms with E-state index in [9.17, 15) is 4.39 Å². The molecule has 5 heteroatoms. The van der Waals surface area contributed by atoms with E-state index in [1.54, 1.807) is 0 Å². The molecule has 0 N–H and O–H groups in total. The molecule has 0 nitrogen and oxygen atoms in total. The fourth-order valence-electron chi connectivity index (χ4n) is 1.05. The monoisotopic (exact) mass is 438 g/mol. The fraction of sp³-hybridized carbons (Fsp3) is 0.500. The average molecular weight is 442 g/mol. The van der Waals surface area contributed by atoms with Crippen molar-refractivity contribution < 1.29 is 4.39 Å². The zero-order valence-corrected chi connectivity index (χ0v) is 13.3. The molecule has 0 radical (unpaired) electrons. The number of halogens is 5. The first kappa shape index (κ1) is 12.4. The van der Waals surface area contributed by atoms with E-state index in [0.717, 1.165) is 15.6 Å². The SMILES string of the molecule is CC1=C(C)C(Br)(Br)C(F)C(Br)=C1Br. The van der Waals surface area contributed by atoms with Crippen LogP contribution in [0.15, 0.2) is 20.1 Å². The van der Waals surface area contributed by atoms with Crippen molar-refractivity contribution in [3.63, 3.8) is 0 Å². The lowest BCUT2D eigenvalue weighted by Crippen LogP contribution is -2.32. The van der Waals surface area contributed by atoms with Crippen LogP contribution in [-0.2, 0) is 0 Å². The third-order valence-electron chi connectivity index (χ3n) is 2.14. The fourth-order valence-corrected chi connectivity index (χ4v) is 3.86. The molecule has 0 aromatic heterocycles. The minimum absolute atomic E-state index is 0.532. The molecule has 1 rings (SSSR count). The summed E-state index contributed by atoms with van der Waals surface area (Å²) in [6, 6.07) is 0. The van der Waals surface area contributed by atoms with Crippen LogP contribution in [0, 0.1) is 0 Å². The molecule has 74 valence electrons. The standard InChI is InChI=1S/C8H7Br4F/c1-3-4(2)8(11,12)7(13)6(10)5(3)9/h7H,1-2H3. The van der Waals surface area contributed by atoms with Crippen LogP contribution in [0.4, 0.5) is 4.39 Å². The maximum atomic E-state index is 13.8. The third kappa shape index (κ3) is 1.99. The van der Waals surface area contributed by atoms with E-state index in [2.05, 4.69) is 63.7 Å². The summed E-state index contributed by atoms with van der Waals surface area (Å²) in [5.74, 6) is 0. The quantitative estimate of drug-likeness (QED) is 0.455. The van der Waals surface area contributed by atoms with Gasteiger partial charge in [0, 0.05) is 8.96 Å². The highest BCUT2D eigenvalue weighted by molar-refractivity contribution is 9.25. The molecule has 0 spiro atoms. The molecule has 0 aromatic carbocycles. The Balaban J connectivity index is 3.32. The van der Waals surface area contributed by atoms with Gasteiger partial charge in [-0.1, -0.05) is 47.8 Å². The largest absolute Gasteiger partial charge is 0.239 e. The summed E-state index contributed by atoms with van der Waals surface area (Å²) < 4.78 is 14.3. The number of alkyl halides is 3. The van der Waals surface area contributed by atoms with Crippen LogP contribution in [0.5, 0.6) is 0 Å². The van der Waals surface area contributed by atoms with E-state index in [4.69, 9.17) is 0 Å². The Kier molecular flexibility index (Phi) is 3.88. The summed E-state index contributed by atoms with van der Waals surface area (Å²) in [7, 11) is 0. The summed E-state index contributed by atoms with van der Waals surface area (Å²) in [5, 5.41) is 0. The number of hydrogen-bond donors (Lipinski definition) is 0. The van der Waals surface area contributed by atoms with Crippen molar-refractivity contribution in [3.05, 3.63) is 20.1 Å². The summed E-state index contributed by atoms with van der Waals surface area (Å²) in [6.45, 7) is 3.84. The second-order valence-electron chi connectivity index (χ2n) is 2.90. The Hall–Kier alpha value is 1.33. The van der Waals surface area contributed by atoms with Gasteiger partial charge in [0.2, 0.25) is 0 Å². The highest BCUT2D eigenvalue weighted by Crippen LogP contribution is 2.51. The lowest BCUT2D eigenvalue weighted by atomic mass is 9.99. The molecule has 0 amide bonds. The van der Waals surface area contributed by atoms with E-state index in [0.29, 0.717) is 4.48 Å². The van der Waals surface area contributed by atoms with Gasteiger partial charge in [-0.05, 0) is 40.9 Å². The van der Waals surface area contributed by atoms with Crippen LogP contribution in [0.25, 0.3) is 0 Å². The Morgan fingerprint density at radius 2 is 1.69 bits per heavy atom. The van der Waals surface area contributed by atoms with Crippen LogP contribution in [0.3, 0.4) is 0 Å².